The highest BCUT2D eigenvalue weighted by Gasteiger charge is 2.31. The Morgan fingerprint density at radius 1 is 1.23 bits per heavy atom. The second-order valence-corrected chi connectivity index (χ2v) is 5.15. The molecule has 0 spiro atoms. The zero-order valence-corrected chi connectivity index (χ0v) is 12.0. The van der Waals surface area contributed by atoms with Crippen LogP contribution in [0.4, 0.5) is 10.5 Å². The zero-order chi connectivity index (χ0) is 15.4. The number of nitrogens with one attached hydrogen (secondary N) is 2. The van der Waals surface area contributed by atoms with Crippen LogP contribution in [0.3, 0.4) is 0 Å². The maximum absolute atomic E-state index is 12.1. The molecule has 1 aliphatic rings. The van der Waals surface area contributed by atoms with E-state index >= 15 is 0 Å². The van der Waals surface area contributed by atoms with Gasteiger partial charge in [0.25, 0.3) is 0 Å². The molecule has 1 atom stereocenters. The summed E-state index contributed by atoms with van der Waals surface area (Å²) in [5.41, 5.74) is 0.854. The van der Waals surface area contributed by atoms with Gasteiger partial charge in [0.15, 0.2) is 0 Å². The number of amides is 3. The number of benzene rings is 1. The van der Waals surface area contributed by atoms with Crippen LogP contribution in [0.15, 0.2) is 53.1 Å². The molecule has 2 aromatic rings. The lowest BCUT2D eigenvalue weighted by Gasteiger charge is -2.17. The van der Waals surface area contributed by atoms with Crippen LogP contribution in [-0.4, -0.2) is 24.5 Å². The van der Waals surface area contributed by atoms with Crippen molar-refractivity contribution >= 4 is 17.6 Å². The van der Waals surface area contributed by atoms with Crippen molar-refractivity contribution in [3.05, 3.63) is 54.5 Å². The molecule has 2 heterocycles. The third kappa shape index (κ3) is 3.28. The van der Waals surface area contributed by atoms with E-state index in [1.165, 1.54) is 0 Å². The van der Waals surface area contributed by atoms with Crippen LogP contribution >= 0.6 is 0 Å². The largest absolute Gasteiger partial charge is 0.467 e. The Balaban J connectivity index is 1.51. The van der Waals surface area contributed by atoms with Gasteiger partial charge in [-0.1, -0.05) is 18.2 Å². The van der Waals surface area contributed by atoms with Gasteiger partial charge in [0.05, 0.1) is 18.8 Å². The van der Waals surface area contributed by atoms with Crippen molar-refractivity contribution in [3.63, 3.8) is 0 Å². The minimum Gasteiger partial charge on any atom is -0.467 e. The molecule has 0 saturated carbocycles. The Morgan fingerprint density at radius 2 is 2.05 bits per heavy atom. The number of carbonyl (C=O) groups excluding carboxylic acids is 2. The Morgan fingerprint density at radius 3 is 2.77 bits per heavy atom. The normalized spacial score (nSPS) is 17.5. The van der Waals surface area contributed by atoms with Gasteiger partial charge in [-0.3, -0.25) is 4.79 Å². The van der Waals surface area contributed by atoms with E-state index in [2.05, 4.69) is 10.6 Å². The van der Waals surface area contributed by atoms with Crippen LogP contribution < -0.4 is 15.5 Å². The summed E-state index contributed by atoms with van der Waals surface area (Å²) in [5.74, 6) is 0.700. The number of anilines is 1. The molecule has 1 unspecified atom stereocenters. The summed E-state index contributed by atoms with van der Waals surface area (Å²) in [4.78, 5) is 25.6. The highest BCUT2D eigenvalue weighted by atomic mass is 16.3. The van der Waals surface area contributed by atoms with E-state index in [9.17, 15) is 9.59 Å². The van der Waals surface area contributed by atoms with Crippen molar-refractivity contribution in [1.82, 2.24) is 10.6 Å². The number of rotatable bonds is 4. The third-order valence-corrected chi connectivity index (χ3v) is 3.53. The monoisotopic (exact) mass is 299 g/mol. The molecule has 22 heavy (non-hydrogen) atoms. The Kier molecular flexibility index (Phi) is 4.09. The first-order valence-electron chi connectivity index (χ1n) is 7.14. The van der Waals surface area contributed by atoms with Gasteiger partial charge in [-0.2, -0.15) is 0 Å². The van der Waals surface area contributed by atoms with E-state index in [0.29, 0.717) is 25.3 Å². The van der Waals surface area contributed by atoms with Crippen LogP contribution in [0.25, 0.3) is 0 Å². The predicted molar refractivity (Wildman–Crippen MR) is 81.3 cm³/mol. The van der Waals surface area contributed by atoms with Gasteiger partial charge in [-0.15, -0.1) is 0 Å². The van der Waals surface area contributed by atoms with Crippen LogP contribution in [0.5, 0.6) is 0 Å². The quantitative estimate of drug-likeness (QED) is 0.905. The summed E-state index contributed by atoms with van der Waals surface area (Å²) in [6.07, 6.45) is 1.87. The van der Waals surface area contributed by atoms with Crippen molar-refractivity contribution in [1.29, 1.82) is 0 Å². The molecule has 3 amide bonds. The second-order valence-electron chi connectivity index (χ2n) is 5.15. The molecule has 1 aromatic carbocycles. The van der Waals surface area contributed by atoms with Gasteiger partial charge in [-0.25, -0.2) is 4.79 Å². The summed E-state index contributed by atoms with van der Waals surface area (Å²) >= 11 is 0. The molecule has 2 N–H and O–H groups in total. The van der Waals surface area contributed by atoms with E-state index in [0.717, 1.165) is 5.69 Å². The molecular weight excluding hydrogens is 282 g/mol. The Labute approximate surface area is 128 Å². The smallest absolute Gasteiger partial charge is 0.315 e. The minimum absolute atomic E-state index is 0.0162. The molecule has 1 saturated heterocycles. The minimum atomic E-state index is -0.302. The average Bonchev–Trinajstić information content (AvgIpc) is 3.16. The topological polar surface area (TPSA) is 74.6 Å². The third-order valence-electron chi connectivity index (χ3n) is 3.53. The number of furan rings is 1. The molecule has 0 radical (unpaired) electrons. The van der Waals surface area contributed by atoms with Crippen molar-refractivity contribution in [2.45, 2.75) is 19.0 Å². The van der Waals surface area contributed by atoms with Crippen LogP contribution in [-0.2, 0) is 11.3 Å². The molecule has 1 aromatic heterocycles. The van der Waals surface area contributed by atoms with Crippen LogP contribution in [0.1, 0.15) is 12.2 Å². The molecule has 0 aliphatic carbocycles. The number of para-hydroxylation sites is 1. The van der Waals surface area contributed by atoms with Gasteiger partial charge in [0.1, 0.15) is 5.76 Å². The van der Waals surface area contributed by atoms with E-state index < -0.39 is 0 Å². The van der Waals surface area contributed by atoms with Crippen molar-refractivity contribution < 1.29 is 14.0 Å². The number of hydrogen-bond donors (Lipinski definition) is 2. The summed E-state index contributed by atoms with van der Waals surface area (Å²) in [6.45, 7) is 0.804. The van der Waals surface area contributed by atoms with Crippen molar-refractivity contribution in [3.8, 4) is 0 Å². The van der Waals surface area contributed by atoms with Crippen LogP contribution in [0.2, 0.25) is 0 Å². The summed E-state index contributed by atoms with van der Waals surface area (Å²) in [5, 5.41) is 5.53. The predicted octanol–water partition coefficient (Wildman–Crippen LogP) is 1.88. The van der Waals surface area contributed by atoms with Gasteiger partial charge in [0, 0.05) is 18.7 Å². The molecule has 3 rings (SSSR count). The van der Waals surface area contributed by atoms with E-state index in [4.69, 9.17) is 4.42 Å². The lowest BCUT2D eigenvalue weighted by molar-refractivity contribution is -0.117. The highest BCUT2D eigenvalue weighted by molar-refractivity contribution is 5.96. The first kappa shape index (κ1) is 14.2. The Hall–Kier alpha value is -2.76. The van der Waals surface area contributed by atoms with Crippen molar-refractivity contribution in [2.24, 2.45) is 0 Å². The fourth-order valence-electron chi connectivity index (χ4n) is 2.48. The second kappa shape index (κ2) is 6.34. The molecule has 6 heteroatoms. The molecule has 0 bridgehead atoms. The molecular formula is C16H17N3O3. The number of nitrogens with zero attached hydrogens (tertiary/aromatic N) is 1. The number of carbonyl (C=O) groups is 2. The summed E-state index contributed by atoms with van der Waals surface area (Å²) in [6, 6.07) is 12.5. The summed E-state index contributed by atoms with van der Waals surface area (Å²) in [7, 11) is 0. The first-order valence-corrected chi connectivity index (χ1v) is 7.14. The van der Waals surface area contributed by atoms with E-state index in [1.807, 2.05) is 30.3 Å². The fourth-order valence-corrected chi connectivity index (χ4v) is 2.48. The van der Waals surface area contributed by atoms with E-state index in [-0.39, 0.29) is 18.0 Å². The number of urea groups is 1. The summed E-state index contributed by atoms with van der Waals surface area (Å²) < 4.78 is 5.14. The SMILES string of the molecule is O=C(NCc1ccco1)NC1CC(=O)N(c2ccccc2)C1. The van der Waals surface area contributed by atoms with Gasteiger partial charge in [-0.05, 0) is 24.3 Å². The Bertz CT molecular complexity index is 640. The maximum atomic E-state index is 12.1. The van der Waals surface area contributed by atoms with Crippen LogP contribution in [0, 0.1) is 0 Å². The maximum Gasteiger partial charge on any atom is 0.315 e. The molecule has 6 nitrogen and oxygen atoms in total. The first-order chi connectivity index (χ1) is 10.7. The lowest BCUT2D eigenvalue weighted by atomic mass is 10.2. The van der Waals surface area contributed by atoms with Crippen molar-refractivity contribution in [2.75, 3.05) is 11.4 Å². The highest BCUT2D eigenvalue weighted by Crippen LogP contribution is 2.20. The average molecular weight is 299 g/mol. The van der Waals surface area contributed by atoms with Gasteiger partial charge < -0.3 is 20.0 Å². The van der Waals surface area contributed by atoms with Gasteiger partial charge in [0.2, 0.25) is 5.91 Å². The fraction of sp³-hybridized carbons (Fsp3) is 0.250. The number of hydrogen-bond acceptors (Lipinski definition) is 3. The zero-order valence-electron chi connectivity index (χ0n) is 12.0. The molecule has 114 valence electrons. The van der Waals surface area contributed by atoms with Gasteiger partial charge >= 0.3 is 6.03 Å². The molecule has 1 fully saturated rings. The standard InChI is InChI=1S/C16H17N3O3/c20-15-9-12(11-19(15)13-5-2-1-3-6-13)18-16(21)17-10-14-7-4-8-22-14/h1-8,12H,9-11H2,(H2,17,18,21). The van der Waals surface area contributed by atoms with E-state index in [1.54, 1.807) is 23.3 Å². The molecule has 1 aliphatic heterocycles. The lowest BCUT2D eigenvalue weighted by Crippen LogP contribution is -2.43.